The van der Waals surface area contributed by atoms with E-state index >= 15 is 0 Å². The lowest BCUT2D eigenvalue weighted by Crippen LogP contribution is -2.17. The van der Waals surface area contributed by atoms with Crippen LogP contribution in [-0.4, -0.2) is 32.4 Å². The highest BCUT2D eigenvalue weighted by Gasteiger charge is 2.04. The van der Waals surface area contributed by atoms with Crippen molar-refractivity contribution in [2.45, 2.75) is 6.42 Å². The monoisotopic (exact) mass is 438 g/mol. The fourth-order valence-electron chi connectivity index (χ4n) is 2.71. The van der Waals surface area contributed by atoms with Crippen molar-refractivity contribution in [3.05, 3.63) is 88.9 Å². The van der Waals surface area contributed by atoms with Gasteiger partial charge in [0, 0.05) is 17.0 Å². The summed E-state index contributed by atoms with van der Waals surface area (Å²) in [6, 6.07) is 21.6. The molecule has 0 atom stereocenters. The van der Waals surface area contributed by atoms with Crippen LogP contribution in [0.15, 0.2) is 77.9 Å². The number of methoxy groups -OCH3 is 1. The number of carbonyl (C=O) groups is 1. The zero-order chi connectivity index (χ0) is 21.9. The molecule has 3 aromatic rings. The Morgan fingerprint density at radius 2 is 1.74 bits per heavy atom. The van der Waals surface area contributed by atoms with Crippen LogP contribution in [0.5, 0.6) is 17.2 Å². The SMILES string of the molecule is COc1ccccc1OCCCOc1cccc(/C=N\NC(=O)c2cccc(Cl)c2)c1. The van der Waals surface area contributed by atoms with Crippen LogP contribution in [0.4, 0.5) is 0 Å². The van der Waals surface area contributed by atoms with Gasteiger partial charge in [0.05, 0.1) is 26.5 Å². The number of nitrogens with zero attached hydrogens (tertiary/aromatic N) is 1. The predicted molar refractivity (Wildman–Crippen MR) is 122 cm³/mol. The minimum atomic E-state index is -0.332. The highest BCUT2D eigenvalue weighted by Crippen LogP contribution is 2.25. The summed E-state index contributed by atoms with van der Waals surface area (Å²) < 4.78 is 16.8. The van der Waals surface area contributed by atoms with E-state index < -0.39 is 0 Å². The van der Waals surface area contributed by atoms with Gasteiger partial charge in [-0.25, -0.2) is 5.43 Å². The molecule has 1 N–H and O–H groups in total. The number of halogens is 1. The van der Waals surface area contributed by atoms with E-state index in [0.717, 1.165) is 5.56 Å². The molecule has 0 fully saturated rings. The Labute approximate surface area is 186 Å². The van der Waals surface area contributed by atoms with Crippen molar-refractivity contribution in [2.75, 3.05) is 20.3 Å². The van der Waals surface area contributed by atoms with Crippen LogP contribution < -0.4 is 19.6 Å². The molecule has 0 aliphatic heterocycles. The van der Waals surface area contributed by atoms with Gasteiger partial charge in [-0.15, -0.1) is 0 Å². The van der Waals surface area contributed by atoms with Crippen LogP contribution in [0.25, 0.3) is 0 Å². The van der Waals surface area contributed by atoms with Crippen LogP contribution in [0.1, 0.15) is 22.3 Å². The fourth-order valence-corrected chi connectivity index (χ4v) is 2.90. The average molecular weight is 439 g/mol. The molecule has 0 saturated heterocycles. The van der Waals surface area contributed by atoms with E-state index in [1.165, 1.54) is 0 Å². The molecule has 31 heavy (non-hydrogen) atoms. The van der Waals surface area contributed by atoms with E-state index in [4.69, 9.17) is 25.8 Å². The van der Waals surface area contributed by atoms with Crippen molar-refractivity contribution in [1.82, 2.24) is 5.43 Å². The second-order valence-corrected chi connectivity index (χ2v) is 6.92. The number of hydrogen-bond acceptors (Lipinski definition) is 5. The molecule has 0 saturated carbocycles. The summed E-state index contributed by atoms with van der Waals surface area (Å²) in [6.07, 6.45) is 2.27. The van der Waals surface area contributed by atoms with Crippen LogP contribution in [0.3, 0.4) is 0 Å². The van der Waals surface area contributed by atoms with E-state index in [0.29, 0.717) is 47.5 Å². The molecular weight excluding hydrogens is 416 g/mol. The molecule has 7 heteroatoms. The lowest BCUT2D eigenvalue weighted by molar-refractivity contribution is 0.0955. The molecular formula is C24H23ClN2O4. The highest BCUT2D eigenvalue weighted by atomic mass is 35.5. The van der Waals surface area contributed by atoms with E-state index in [2.05, 4.69) is 10.5 Å². The average Bonchev–Trinajstić information content (AvgIpc) is 2.79. The largest absolute Gasteiger partial charge is 0.493 e. The van der Waals surface area contributed by atoms with E-state index in [1.807, 2.05) is 48.5 Å². The fraction of sp³-hybridized carbons (Fsp3) is 0.167. The van der Waals surface area contributed by atoms with Gasteiger partial charge in [0.25, 0.3) is 5.91 Å². The lowest BCUT2D eigenvalue weighted by atomic mass is 10.2. The van der Waals surface area contributed by atoms with E-state index in [9.17, 15) is 4.79 Å². The number of amides is 1. The summed E-state index contributed by atoms with van der Waals surface area (Å²) in [5, 5.41) is 4.49. The summed E-state index contributed by atoms with van der Waals surface area (Å²) in [6.45, 7) is 1.01. The minimum Gasteiger partial charge on any atom is -0.493 e. The highest BCUT2D eigenvalue weighted by molar-refractivity contribution is 6.30. The zero-order valence-electron chi connectivity index (χ0n) is 17.1. The van der Waals surface area contributed by atoms with Crippen LogP contribution in [0, 0.1) is 0 Å². The first-order valence-electron chi connectivity index (χ1n) is 9.73. The molecule has 0 radical (unpaired) electrons. The van der Waals surface area contributed by atoms with Gasteiger partial charge in [0.1, 0.15) is 5.75 Å². The van der Waals surface area contributed by atoms with Gasteiger partial charge >= 0.3 is 0 Å². The van der Waals surface area contributed by atoms with Crippen LogP contribution >= 0.6 is 11.6 Å². The smallest absolute Gasteiger partial charge is 0.271 e. The lowest BCUT2D eigenvalue weighted by Gasteiger charge is -2.11. The van der Waals surface area contributed by atoms with Gasteiger partial charge in [-0.3, -0.25) is 4.79 Å². The predicted octanol–water partition coefficient (Wildman–Crippen LogP) is 4.96. The van der Waals surface area contributed by atoms with Crippen LogP contribution in [0.2, 0.25) is 5.02 Å². The zero-order valence-corrected chi connectivity index (χ0v) is 17.8. The third-order valence-electron chi connectivity index (χ3n) is 4.21. The molecule has 0 heterocycles. The van der Waals surface area contributed by atoms with E-state index in [1.54, 1.807) is 37.6 Å². The Balaban J connectivity index is 1.43. The molecule has 0 aliphatic carbocycles. The van der Waals surface area contributed by atoms with Crippen LogP contribution in [-0.2, 0) is 0 Å². The van der Waals surface area contributed by atoms with Gasteiger partial charge in [0.15, 0.2) is 11.5 Å². The second kappa shape index (κ2) is 11.6. The number of carbonyl (C=O) groups excluding carboxylic acids is 1. The van der Waals surface area contributed by atoms with Crippen molar-refractivity contribution in [1.29, 1.82) is 0 Å². The third kappa shape index (κ3) is 7.04. The number of hydrazone groups is 1. The number of benzene rings is 3. The third-order valence-corrected chi connectivity index (χ3v) is 4.44. The number of ether oxygens (including phenoxy) is 3. The molecule has 6 nitrogen and oxygen atoms in total. The number of hydrogen-bond donors (Lipinski definition) is 1. The molecule has 0 unspecified atom stereocenters. The molecule has 0 aromatic heterocycles. The molecule has 0 aliphatic rings. The number of nitrogens with one attached hydrogen (secondary N) is 1. The van der Waals surface area contributed by atoms with Crippen molar-refractivity contribution >= 4 is 23.7 Å². The van der Waals surface area contributed by atoms with Gasteiger partial charge in [0.2, 0.25) is 0 Å². The quantitative estimate of drug-likeness (QED) is 0.276. The first-order chi connectivity index (χ1) is 15.2. The molecule has 0 bridgehead atoms. The summed E-state index contributed by atoms with van der Waals surface area (Å²) in [7, 11) is 1.62. The minimum absolute atomic E-state index is 0.332. The molecule has 0 spiro atoms. The molecule has 160 valence electrons. The van der Waals surface area contributed by atoms with Crippen molar-refractivity contribution < 1.29 is 19.0 Å². The van der Waals surface area contributed by atoms with Crippen molar-refractivity contribution in [2.24, 2.45) is 5.10 Å². The van der Waals surface area contributed by atoms with Gasteiger partial charge < -0.3 is 14.2 Å². The van der Waals surface area contributed by atoms with Gasteiger partial charge in [-0.2, -0.15) is 5.10 Å². The van der Waals surface area contributed by atoms with E-state index in [-0.39, 0.29) is 5.91 Å². The number of rotatable bonds is 10. The summed E-state index contributed by atoms with van der Waals surface area (Å²) in [4.78, 5) is 12.1. The Kier molecular flexibility index (Phi) is 8.31. The Morgan fingerprint density at radius 3 is 2.55 bits per heavy atom. The Morgan fingerprint density at radius 1 is 0.968 bits per heavy atom. The van der Waals surface area contributed by atoms with Crippen molar-refractivity contribution in [3.63, 3.8) is 0 Å². The first-order valence-corrected chi connectivity index (χ1v) is 10.1. The summed E-state index contributed by atoms with van der Waals surface area (Å²) in [5.41, 5.74) is 3.73. The topological polar surface area (TPSA) is 69.2 Å². The molecule has 1 amide bonds. The second-order valence-electron chi connectivity index (χ2n) is 6.48. The maximum absolute atomic E-state index is 12.1. The summed E-state index contributed by atoms with van der Waals surface area (Å²) >= 11 is 5.90. The number of para-hydroxylation sites is 2. The normalized spacial score (nSPS) is 10.6. The maximum Gasteiger partial charge on any atom is 0.271 e. The van der Waals surface area contributed by atoms with Gasteiger partial charge in [-0.05, 0) is 48.0 Å². The van der Waals surface area contributed by atoms with Crippen molar-refractivity contribution in [3.8, 4) is 17.2 Å². The molecule has 3 aromatic carbocycles. The molecule has 3 rings (SSSR count). The summed E-state index contributed by atoms with van der Waals surface area (Å²) in [5.74, 6) is 1.80. The Bertz CT molecular complexity index is 1040. The first kappa shape index (κ1) is 22.2. The standard InChI is InChI=1S/C24H23ClN2O4/c1-29-22-11-2-3-12-23(22)31-14-6-13-30-21-10-4-7-18(15-21)17-26-27-24(28)19-8-5-9-20(25)16-19/h2-5,7-12,15-17H,6,13-14H2,1H3,(H,27,28)/b26-17-. The maximum atomic E-state index is 12.1. The Hall–Kier alpha value is -3.51. The van der Waals surface area contributed by atoms with Gasteiger partial charge in [-0.1, -0.05) is 41.9 Å².